The van der Waals surface area contributed by atoms with Gasteiger partial charge in [-0.2, -0.15) is 5.10 Å². The van der Waals surface area contributed by atoms with Gasteiger partial charge in [0.25, 0.3) is 5.69 Å². The van der Waals surface area contributed by atoms with Crippen molar-refractivity contribution in [1.29, 1.82) is 0 Å². The Kier molecular flexibility index (Phi) is 5.23. The van der Waals surface area contributed by atoms with Crippen molar-refractivity contribution in [3.63, 3.8) is 0 Å². The molecule has 0 aliphatic heterocycles. The van der Waals surface area contributed by atoms with Gasteiger partial charge in [0.1, 0.15) is 12.2 Å². The maximum Gasteiger partial charge on any atom is 0.269 e. The molecule has 0 radical (unpaired) electrons. The van der Waals surface area contributed by atoms with E-state index in [2.05, 4.69) is 20.4 Å². The van der Waals surface area contributed by atoms with E-state index in [0.29, 0.717) is 19.0 Å². The van der Waals surface area contributed by atoms with Crippen molar-refractivity contribution >= 4 is 11.6 Å². The number of nitro benzene ring substituents is 1. The molecule has 0 aliphatic rings. The third kappa shape index (κ3) is 4.25. The summed E-state index contributed by atoms with van der Waals surface area (Å²) in [5.41, 5.74) is 0.888. The second-order valence-corrected chi connectivity index (χ2v) is 4.98. The molecule has 9 nitrogen and oxygen atoms in total. The molecule has 1 N–H and O–H groups in total. The maximum absolute atomic E-state index is 10.8. The lowest BCUT2D eigenvalue weighted by Gasteiger charge is -2.21. The van der Waals surface area contributed by atoms with Crippen LogP contribution in [-0.4, -0.2) is 44.6 Å². The molecule has 0 saturated heterocycles. The molecule has 9 heteroatoms. The number of guanidine groups is 1. The van der Waals surface area contributed by atoms with Gasteiger partial charge in [0.05, 0.1) is 11.5 Å². The Morgan fingerprint density at radius 2 is 2.30 bits per heavy atom. The van der Waals surface area contributed by atoms with Gasteiger partial charge >= 0.3 is 0 Å². The van der Waals surface area contributed by atoms with Gasteiger partial charge in [0, 0.05) is 39.8 Å². The second-order valence-electron chi connectivity index (χ2n) is 4.98. The van der Waals surface area contributed by atoms with Crippen LogP contribution in [0.3, 0.4) is 0 Å². The molecular formula is C14H19N7O2. The van der Waals surface area contributed by atoms with Crippen LogP contribution in [0.5, 0.6) is 0 Å². The summed E-state index contributed by atoms with van der Waals surface area (Å²) in [5, 5.41) is 18.0. The van der Waals surface area contributed by atoms with Crippen LogP contribution >= 0.6 is 0 Å². The molecule has 1 aromatic heterocycles. The number of nitrogens with one attached hydrogen (secondary N) is 1. The molecule has 0 atom stereocenters. The van der Waals surface area contributed by atoms with Gasteiger partial charge in [-0.05, 0) is 5.56 Å². The molecule has 23 heavy (non-hydrogen) atoms. The Hall–Kier alpha value is -2.97. The Bertz CT molecular complexity index is 711. The number of rotatable bonds is 5. The van der Waals surface area contributed by atoms with Crippen LogP contribution in [0.4, 0.5) is 5.69 Å². The molecule has 0 fully saturated rings. The minimum absolute atomic E-state index is 0.0757. The van der Waals surface area contributed by atoms with Gasteiger partial charge in [-0.1, -0.05) is 12.1 Å². The van der Waals surface area contributed by atoms with Gasteiger partial charge in [0.15, 0.2) is 5.96 Å². The number of non-ortho nitro benzene ring substituents is 1. The van der Waals surface area contributed by atoms with E-state index in [1.54, 1.807) is 23.9 Å². The van der Waals surface area contributed by atoms with Crippen molar-refractivity contribution in [3.05, 3.63) is 52.1 Å². The summed E-state index contributed by atoms with van der Waals surface area (Å²) in [6, 6.07) is 6.51. The lowest BCUT2D eigenvalue weighted by Crippen LogP contribution is -2.38. The highest BCUT2D eigenvalue weighted by atomic mass is 16.6. The summed E-state index contributed by atoms with van der Waals surface area (Å²) in [4.78, 5) is 20.7. The lowest BCUT2D eigenvalue weighted by atomic mass is 10.2. The van der Waals surface area contributed by atoms with E-state index >= 15 is 0 Å². The quantitative estimate of drug-likeness (QED) is 0.381. The molecule has 0 unspecified atom stereocenters. The Labute approximate surface area is 133 Å². The summed E-state index contributed by atoms with van der Waals surface area (Å²) in [6.45, 7) is 0.989. The fourth-order valence-electron chi connectivity index (χ4n) is 2.10. The first-order valence-electron chi connectivity index (χ1n) is 6.99. The molecule has 0 aliphatic carbocycles. The third-order valence-corrected chi connectivity index (χ3v) is 3.33. The number of aryl methyl sites for hydroxylation is 1. The summed E-state index contributed by atoms with van der Waals surface area (Å²) in [5.74, 6) is 1.48. The zero-order valence-electron chi connectivity index (χ0n) is 13.3. The van der Waals surface area contributed by atoms with E-state index < -0.39 is 4.92 Å². The summed E-state index contributed by atoms with van der Waals surface area (Å²) < 4.78 is 1.70. The van der Waals surface area contributed by atoms with Gasteiger partial charge in [-0.15, -0.1) is 0 Å². The first-order chi connectivity index (χ1) is 11.0. The Balaban J connectivity index is 1.98. The number of nitro groups is 1. The molecule has 0 spiro atoms. The highest BCUT2D eigenvalue weighted by Gasteiger charge is 2.11. The summed E-state index contributed by atoms with van der Waals surface area (Å²) >= 11 is 0. The average molecular weight is 317 g/mol. The van der Waals surface area contributed by atoms with E-state index in [1.807, 2.05) is 25.1 Å². The molecule has 1 aromatic carbocycles. The SMILES string of the molecule is CN=C(NCc1cccc([N+](=O)[O-])c1)N(C)Cc1ncnn1C. The number of aromatic nitrogens is 3. The fraction of sp³-hybridized carbons (Fsp3) is 0.357. The Morgan fingerprint density at radius 1 is 1.52 bits per heavy atom. The van der Waals surface area contributed by atoms with Crippen LogP contribution in [-0.2, 0) is 20.1 Å². The van der Waals surface area contributed by atoms with E-state index in [0.717, 1.165) is 11.4 Å². The van der Waals surface area contributed by atoms with Gasteiger partial charge in [-0.25, -0.2) is 4.98 Å². The standard InChI is InChI=1S/C14H19N7O2/c1-15-14(19(2)9-13-17-10-18-20(13)3)16-8-11-5-4-6-12(7-11)21(22)23/h4-7,10H,8-9H2,1-3H3,(H,15,16). The molecule has 122 valence electrons. The van der Waals surface area contributed by atoms with Crippen LogP contribution in [0.15, 0.2) is 35.6 Å². The predicted octanol–water partition coefficient (Wildman–Crippen LogP) is 0.931. The fourth-order valence-corrected chi connectivity index (χ4v) is 2.10. The van der Waals surface area contributed by atoms with Crippen LogP contribution in [0.2, 0.25) is 0 Å². The topological polar surface area (TPSA) is 101 Å². The zero-order valence-corrected chi connectivity index (χ0v) is 13.3. The Morgan fingerprint density at radius 3 is 2.91 bits per heavy atom. The summed E-state index contributed by atoms with van der Waals surface area (Å²) in [6.07, 6.45) is 1.50. The average Bonchev–Trinajstić information content (AvgIpc) is 2.93. The molecule has 1 heterocycles. The van der Waals surface area contributed by atoms with Crippen molar-refractivity contribution in [2.75, 3.05) is 14.1 Å². The van der Waals surface area contributed by atoms with E-state index in [9.17, 15) is 10.1 Å². The first kappa shape index (κ1) is 16.4. The second kappa shape index (κ2) is 7.34. The minimum atomic E-state index is -0.404. The van der Waals surface area contributed by atoms with Crippen molar-refractivity contribution < 1.29 is 4.92 Å². The normalized spacial score (nSPS) is 11.3. The van der Waals surface area contributed by atoms with E-state index in [-0.39, 0.29) is 5.69 Å². The monoisotopic (exact) mass is 317 g/mol. The number of benzene rings is 1. The van der Waals surface area contributed by atoms with Gasteiger partial charge in [0.2, 0.25) is 0 Å². The predicted molar refractivity (Wildman–Crippen MR) is 85.8 cm³/mol. The number of hydrogen-bond donors (Lipinski definition) is 1. The number of nitrogens with zero attached hydrogens (tertiary/aromatic N) is 6. The van der Waals surface area contributed by atoms with Crippen molar-refractivity contribution in [2.45, 2.75) is 13.1 Å². The third-order valence-electron chi connectivity index (χ3n) is 3.33. The number of hydrogen-bond acceptors (Lipinski definition) is 5. The molecule has 0 amide bonds. The van der Waals surface area contributed by atoms with Crippen LogP contribution in [0.25, 0.3) is 0 Å². The van der Waals surface area contributed by atoms with Crippen molar-refractivity contribution in [2.24, 2.45) is 12.0 Å². The van der Waals surface area contributed by atoms with E-state index in [4.69, 9.17) is 0 Å². The lowest BCUT2D eigenvalue weighted by molar-refractivity contribution is -0.384. The minimum Gasteiger partial charge on any atom is -0.352 e. The van der Waals surface area contributed by atoms with Crippen molar-refractivity contribution in [1.82, 2.24) is 25.0 Å². The summed E-state index contributed by atoms with van der Waals surface area (Å²) in [7, 11) is 5.40. The zero-order chi connectivity index (χ0) is 16.8. The molecule has 2 rings (SSSR count). The van der Waals surface area contributed by atoms with Crippen molar-refractivity contribution in [3.8, 4) is 0 Å². The van der Waals surface area contributed by atoms with Gasteiger partial charge < -0.3 is 10.2 Å². The molecule has 0 bridgehead atoms. The van der Waals surface area contributed by atoms with Crippen LogP contribution < -0.4 is 5.32 Å². The maximum atomic E-state index is 10.8. The molecular weight excluding hydrogens is 298 g/mol. The highest BCUT2D eigenvalue weighted by Crippen LogP contribution is 2.12. The van der Waals surface area contributed by atoms with Gasteiger partial charge in [-0.3, -0.25) is 19.8 Å². The first-order valence-corrected chi connectivity index (χ1v) is 6.99. The van der Waals surface area contributed by atoms with E-state index in [1.165, 1.54) is 12.4 Å². The highest BCUT2D eigenvalue weighted by molar-refractivity contribution is 5.79. The van der Waals surface area contributed by atoms with Crippen LogP contribution in [0.1, 0.15) is 11.4 Å². The largest absolute Gasteiger partial charge is 0.352 e. The smallest absolute Gasteiger partial charge is 0.269 e. The molecule has 2 aromatic rings. The number of aliphatic imine (C=N–C) groups is 1. The van der Waals surface area contributed by atoms with Crippen LogP contribution in [0, 0.1) is 10.1 Å². The molecule has 0 saturated carbocycles.